The number of rotatable bonds is 4. The molecule has 9 nitrogen and oxygen atoms in total. The second-order valence-electron chi connectivity index (χ2n) is 7.78. The van der Waals surface area contributed by atoms with Gasteiger partial charge in [0.25, 0.3) is 0 Å². The normalized spacial score (nSPS) is 12.6. The molecule has 0 radical (unpaired) electrons. The molecule has 4 heterocycles. The monoisotopic (exact) mass is 494 g/mol. The Labute approximate surface area is 199 Å². The van der Waals surface area contributed by atoms with Crippen LogP contribution >= 0.6 is 0 Å². The zero-order chi connectivity index (χ0) is 25.6. The van der Waals surface area contributed by atoms with Crippen LogP contribution in [0.1, 0.15) is 35.7 Å². The van der Waals surface area contributed by atoms with Gasteiger partial charge in [-0.1, -0.05) is 17.3 Å². The lowest BCUT2D eigenvalue weighted by Crippen LogP contribution is -2.11. The van der Waals surface area contributed by atoms with Crippen LogP contribution < -0.4 is 5.73 Å². The molecule has 0 saturated carbocycles. The van der Waals surface area contributed by atoms with E-state index in [1.807, 2.05) is 0 Å². The fourth-order valence-electron chi connectivity index (χ4n) is 3.74. The van der Waals surface area contributed by atoms with Gasteiger partial charge in [0.15, 0.2) is 11.6 Å². The highest BCUT2D eigenvalue weighted by molar-refractivity contribution is 5.72. The first-order valence-corrected chi connectivity index (χ1v) is 10.4. The van der Waals surface area contributed by atoms with Crippen molar-refractivity contribution in [1.82, 2.24) is 29.7 Å². The summed E-state index contributed by atoms with van der Waals surface area (Å²) in [7, 11) is 0. The fraction of sp³-hybridized carbons (Fsp3) is 0.130. The van der Waals surface area contributed by atoms with Crippen molar-refractivity contribution >= 4 is 11.3 Å². The van der Waals surface area contributed by atoms with Gasteiger partial charge >= 0.3 is 6.18 Å². The van der Waals surface area contributed by atoms with Crippen LogP contribution in [0.3, 0.4) is 0 Å². The average molecular weight is 494 g/mol. The molecule has 0 aliphatic heterocycles. The quantitative estimate of drug-likeness (QED) is 0.359. The molecule has 0 unspecified atom stereocenters. The van der Waals surface area contributed by atoms with Gasteiger partial charge in [-0.2, -0.15) is 18.4 Å². The first-order valence-electron chi connectivity index (χ1n) is 10.4. The molecule has 13 heteroatoms. The van der Waals surface area contributed by atoms with Gasteiger partial charge in [0.05, 0.1) is 22.7 Å². The van der Waals surface area contributed by atoms with E-state index in [1.54, 1.807) is 31.2 Å². The maximum Gasteiger partial charge on any atom is 0.451 e. The molecule has 1 atom stereocenters. The summed E-state index contributed by atoms with van der Waals surface area (Å²) in [4.78, 5) is 10.8. The Hall–Kier alpha value is -4.86. The maximum absolute atomic E-state index is 14.2. The summed E-state index contributed by atoms with van der Waals surface area (Å²) in [6.07, 6.45) is -2.83. The third-order valence-electron chi connectivity index (χ3n) is 5.50. The first kappa shape index (κ1) is 22.9. The predicted octanol–water partition coefficient (Wildman–Crippen LogP) is 4.60. The summed E-state index contributed by atoms with van der Waals surface area (Å²) in [6, 6.07) is 11.2. The molecule has 0 fully saturated rings. The largest absolute Gasteiger partial charge is 0.451 e. The zero-order valence-electron chi connectivity index (χ0n) is 18.3. The SMILES string of the molecule is C[C@@H](c1cc(-c2ccccc2F)no1)c1c(C#N)cc2c(N)nc(-c3cnc(C(F)(F)F)nc3)nn12. The molecule has 0 saturated heterocycles. The summed E-state index contributed by atoms with van der Waals surface area (Å²) in [5.41, 5.74) is 7.58. The van der Waals surface area contributed by atoms with Crippen molar-refractivity contribution < 1.29 is 22.1 Å². The number of anilines is 1. The average Bonchev–Trinajstić information content (AvgIpc) is 3.49. The molecule has 180 valence electrons. The third-order valence-corrected chi connectivity index (χ3v) is 5.50. The van der Waals surface area contributed by atoms with Gasteiger partial charge < -0.3 is 10.3 Å². The van der Waals surface area contributed by atoms with Gasteiger partial charge in [0, 0.05) is 24.0 Å². The summed E-state index contributed by atoms with van der Waals surface area (Å²) in [6.45, 7) is 1.73. The van der Waals surface area contributed by atoms with Crippen molar-refractivity contribution in [2.24, 2.45) is 0 Å². The second-order valence-corrected chi connectivity index (χ2v) is 7.78. The number of nitriles is 1. The molecule has 36 heavy (non-hydrogen) atoms. The molecule has 4 aromatic heterocycles. The lowest BCUT2D eigenvalue weighted by atomic mass is 10.0. The number of benzene rings is 1. The van der Waals surface area contributed by atoms with Crippen molar-refractivity contribution in [2.45, 2.75) is 19.0 Å². The predicted molar refractivity (Wildman–Crippen MR) is 118 cm³/mol. The maximum atomic E-state index is 14.2. The molecule has 2 N–H and O–H groups in total. The van der Waals surface area contributed by atoms with E-state index in [2.05, 4.69) is 31.3 Å². The zero-order valence-corrected chi connectivity index (χ0v) is 18.3. The van der Waals surface area contributed by atoms with E-state index in [4.69, 9.17) is 10.3 Å². The van der Waals surface area contributed by atoms with E-state index >= 15 is 0 Å². The highest BCUT2D eigenvalue weighted by Gasteiger charge is 2.34. The smallest absolute Gasteiger partial charge is 0.382 e. The summed E-state index contributed by atoms with van der Waals surface area (Å²) in [5, 5.41) is 18.1. The van der Waals surface area contributed by atoms with Gasteiger partial charge in [-0.25, -0.2) is 23.9 Å². The molecule has 0 spiro atoms. The number of nitrogen functional groups attached to an aromatic ring is 1. The van der Waals surface area contributed by atoms with Crippen LogP contribution in [0.25, 0.3) is 28.2 Å². The minimum Gasteiger partial charge on any atom is -0.382 e. The van der Waals surface area contributed by atoms with Crippen molar-refractivity contribution in [3.63, 3.8) is 0 Å². The van der Waals surface area contributed by atoms with Gasteiger partial charge in [0.2, 0.25) is 5.82 Å². The number of nitrogens with zero attached hydrogens (tertiary/aromatic N) is 7. The van der Waals surface area contributed by atoms with Crippen LogP contribution in [0.15, 0.2) is 53.3 Å². The number of hydrogen-bond donors (Lipinski definition) is 1. The van der Waals surface area contributed by atoms with E-state index in [0.717, 1.165) is 12.4 Å². The molecule has 1 aromatic carbocycles. The molecule has 0 aliphatic rings. The molecular weight excluding hydrogens is 480 g/mol. The van der Waals surface area contributed by atoms with Crippen LogP contribution in [0.4, 0.5) is 23.4 Å². The fourth-order valence-corrected chi connectivity index (χ4v) is 3.74. The van der Waals surface area contributed by atoms with Crippen molar-refractivity contribution in [1.29, 1.82) is 5.26 Å². The summed E-state index contributed by atoms with van der Waals surface area (Å²) in [5.74, 6) is -2.12. The molecule has 0 amide bonds. The Morgan fingerprint density at radius 1 is 1.14 bits per heavy atom. The Morgan fingerprint density at radius 3 is 2.53 bits per heavy atom. The first-order chi connectivity index (χ1) is 17.2. The number of aromatic nitrogens is 6. The third kappa shape index (κ3) is 3.88. The summed E-state index contributed by atoms with van der Waals surface area (Å²) < 4.78 is 59.5. The van der Waals surface area contributed by atoms with Gasteiger partial charge in [-0.3, -0.25) is 0 Å². The minimum atomic E-state index is -4.70. The molecular formula is C23H14F4N8O. The Kier molecular flexibility index (Phi) is 5.36. The highest BCUT2D eigenvalue weighted by Crippen LogP contribution is 2.34. The lowest BCUT2D eigenvalue weighted by molar-refractivity contribution is -0.144. The van der Waals surface area contributed by atoms with Gasteiger partial charge in [0.1, 0.15) is 28.9 Å². The van der Waals surface area contributed by atoms with Crippen LogP contribution in [-0.4, -0.2) is 29.7 Å². The molecule has 5 aromatic rings. The topological polar surface area (TPSA) is 132 Å². The van der Waals surface area contributed by atoms with E-state index in [0.29, 0.717) is 17.0 Å². The Balaban J connectivity index is 1.60. The lowest BCUT2D eigenvalue weighted by Gasteiger charge is -2.11. The number of nitrogens with two attached hydrogens (primary N) is 1. The molecule has 0 aliphatic carbocycles. The second kappa shape index (κ2) is 8.42. The van der Waals surface area contributed by atoms with Crippen LogP contribution in [-0.2, 0) is 6.18 Å². The van der Waals surface area contributed by atoms with Crippen LogP contribution in [0.5, 0.6) is 0 Å². The standard InChI is InChI=1S/C23H14F4N8O/c1-11(18-7-16(34-36-18)14-4-2-3-5-15(14)24)19-12(8-28)6-17-20(29)32-21(33-35(17)19)13-9-30-22(31-10-13)23(25,26)27/h2-7,9-11H,1H3,(H2,29,32,33)/t11-/m0/s1. The Bertz CT molecular complexity index is 1630. The molecule has 0 bridgehead atoms. The van der Waals surface area contributed by atoms with E-state index in [1.165, 1.54) is 16.6 Å². The van der Waals surface area contributed by atoms with E-state index in [9.17, 15) is 22.8 Å². The van der Waals surface area contributed by atoms with Gasteiger partial charge in [-0.15, -0.1) is 5.10 Å². The minimum absolute atomic E-state index is 0.0144. The summed E-state index contributed by atoms with van der Waals surface area (Å²) >= 11 is 0. The van der Waals surface area contributed by atoms with Crippen LogP contribution in [0, 0.1) is 17.1 Å². The van der Waals surface area contributed by atoms with Crippen molar-refractivity contribution in [3.8, 4) is 28.7 Å². The van der Waals surface area contributed by atoms with Crippen molar-refractivity contribution in [3.05, 3.63) is 77.5 Å². The van der Waals surface area contributed by atoms with Crippen LogP contribution in [0.2, 0.25) is 0 Å². The number of fused-ring (bicyclic) bond motifs is 1. The highest BCUT2D eigenvalue weighted by atomic mass is 19.4. The number of hydrogen-bond acceptors (Lipinski definition) is 8. The molecule has 5 rings (SSSR count). The Morgan fingerprint density at radius 2 is 1.86 bits per heavy atom. The van der Waals surface area contributed by atoms with Gasteiger partial charge in [-0.05, 0) is 25.1 Å². The van der Waals surface area contributed by atoms with Crippen molar-refractivity contribution in [2.75, 3.05) is 5.73 Å². The number of alkyl halides is 3. The van der Waals surface area contributed by atoms with E-state index in [-0.39, 0.29) is 34.0 Å². The number of halogens is 4. The van der Waals surface area contributed by atoms with E-state index < -0.39 is 23.7 Å².